The van der Waals surface area contributed by atoms with Gasteiger partial charge in [-0.05, 0) is 67.6 Å². The summed E-state index contributed by atoms with van der Waals surface area (Å²) in [6.07, 6.45) is 1.54. The van der Waals surface area contributed by atoms with Gasteiger partial charge in [-0.2, -0.15) is 5.10 Å². The Labute approximate surface area is 191 Å². The summed E-state index contributed by atoms with van der Waals surface area (Å²) in [6.45, 7) is 5.08. The Morgan fingerprint density at radius 3 is 2.48 bits per heavy atom. The van der Waals surface area contributed by atoms with Crippen LogP contribution in [0.2, 0.25) is 5.02 Å². The molecule has 0 saturated heterocycles. The summed E-state index contributed by atoms with van der Waals surface area (Å²) >= 11 is 7.72. The third-order valence-corrected chi connectivity index (χ3v) is 7.81. The van der Waals surface area contributed by atoms with Crippen molar-refractivity contribution >= 4 is 50.8 Å². The molecular weight excluding hydrogens is 454 g/mol. The minimum absolute atomic E-state index is 0.0861. The van der Waals surface area contributed by atoms with Crippen molar-refractivity contribution in [3.63, 3.8) is 0 Å². The number of carbonyl (C=O) groups excluding carboxylic acids is 1. The maximum Gasteiger partial charge on any atom is 0.264 e. The Bertz CT molecular complexity index is 1220. The van der Waals surface area contributed by atoms with Crippen LogP contribution in [0.3, 0.4) is 0 Å². The van der Waals surface area contributed by atoms with E-state index in [0.717, 1.165) is 20.3 Å². The van der Waals surface area contributed by atoms with E-state index in [0.29, 0.717) is 16.3 Å². The summed E-state index contributed by atoms with van der Waals surface area (Å²) in [6, 6.07) is 13.4. The SMILES string of the molecule is Cc1ccc(S(=O)(=O)N(CC(=O)N/N=C\c2sccc2C)c2cccc(Cl)c2C)cc1. The molecule has 3 aromatic rings. The van der Waals surface area contributed by atoms with E-state index in [2.05, 4.69) is 10.5 Å². The average Bonchev–Trinajstić information content (AvgIpc) is 3.13. The second kappa shape index (κ2) is 9.64. The van der Waals surface area contributed by atoms with Crippen LogP contribution in [0.1, 0.15) is 21.6 Å². The van der Waals surface area contributed by atoms with E-state index in [9.17, 15) is 13.2 Å². The van der Waals surface area contributed by atoms with Gasteiger partial charge in [0.25, 0.3) is 15.9 Å². The predicted molar refractivity (Wildman–Crippen MR) is 127 cm³/mol. The molecule has 2 aromatic carbocycles. The Hall–Kier alpha value is -2.68. The highest BCUT2D eigenvalue weighted by Crippen LogP contribution is 2.30. The van der Waals surface area contributed by atoms with Crippen molar-refractivity contribution < 1.29 is 13.2 Å². The van der Waals surface area contributed by atoms with Crippen molar-refractivity contribution in [1.29, 1.82) is 0 Å². The van der Waals surface area contributed by atoms with E-state index in [-0.39, 0.29) is 4.90 Å². The average molecular weight is 476 g/mol. The van der Waals surface area contributed by atoms with Crippen LogP contribution in [0.4, 0.5) is 5.69 Å². The molecule has 1 amide bonds. The number of nitrogens with one attached hydrogen (secondary N) is 1. The smallest absolute Gasteiger partial charge is 0.264 e. The normalized spacial score (nSPS) is 11.6. The van der Waals surface area contributed by atoms with Gasteiger partial charge in [-0.25, -0.2) is 13.8 Å². The molecule has 0 fully saturated rings. The van der Waals surface area contributed by atoms with Crippen LogP contribution < -0.4 is 9.73 Å². The fraction of sp³-hybridized carbons (Fsp3) is 0.182. The van der Waals surface area contributed by atoms with Gasteiger partial charge >= 0.3 is 0 Å². The largest absolute Gasteiger partial charge is 0.271 e. The molecule has 0 radical (unpaired) electrons. The minimum atomic E-state index is -4.02. The van der Waals surface area contributed by atoms with Gasteiger partial charge < -0.3 is 0 Å². The number of anilines is 1. The minimum Gasteiger partial charge on any atom is -0.271 e. The van der Waals surface area contributed by atoms with E-state index in [1.807, 2.05) is 25.3 Å². The van der Waals surface area contributed by atoms with E-state index >= 15 is 0 Å². The molecule has 3 rings (SSSR count). The molecule has 162 valence electrons. The maximum absolute atomic E-state index is 13.4. The van der Waals surface area contributed by atoms with Gasteiger partial charge in [-0.3, -0.25) is 9.10 Å². The summed E-state index contributed by atoms with van der Waals surface area (Å²) < 4.78 is 27.9. The Morgan fingerprint density at radius 2 is 1.84 bits per heavy atom. The first-order valence-electron chi connectivity index (χ1n) is 9.40. The van der Waals surface area contributed by atoms with Gasteiger partial charge in [0.2, 0.25) is 0 Å². The van der Waals surface area contributed by atoms with Crippen LogP contribution in [-0.4, -0.2) is 27.1 Å². The lowest BCUT2D eigenvalue weighted by Crippen LogP contribution is -2.40. The summed E-state index contributed by atoms with van der Waals surface area (Å²) in [5.41, 5.74) is 5.28. The van der Waals surface area contributed by atoms with E-state index in [1.165, 1.54) is 23.5 Å². The summed E-state index contributed by atoms with van der Waals surface area (Å²) in [4.78, 5) is 13.6. The number of sulfonamides is 1. The van der Waals surface area contributed by atoms with Crippen molar-refractivity contribution in [2.24, 2.45) is 5.10 Å². The topological polar surface area (TPSA) is 78.8 Å². The standard InChI is InChI=1S/C22H22ClN3O3S2/c1-15-7-9-18(10-8-15)31(28,29)26(20-6-4-5-19(23)17(20)3)14-22(27)25-24-13-21-16(2)11-12-30-21/h4-13H,14H2,1-3H3,(H,25,27)/b24-13-. The Balaban J connectivity index is 1.91. The van der Waals surface area contributed by atoms with Crippen molar-refractivity contribution in [2.45, 2.75) is 25.7 Å². The third kappa shape index (κ3) is 5.33. The number of benzene rings is 2. The molecule has 6 nitrogen and oxygen atoms in total. The predicted octanol–water partition coefficient (Wildman–Crippen LogP) is 4.67. The van der Waals surface area contributed by atoms with E-state index in [1.54, 1.807) is 43.5 Å². The highest BCUT2D eigenvalue weighted by molar-refractivity contribution is 7.92. The zero-order valence-corrected chi connectivity index (χ0v) is 19.7. The number of amides is 1. The van der Waals surface area contributed by atoms with E-state index < -0.39 is 22.5 Å². The Kier molecular flexibility index (Phi) is 7.15. The molecule has 31 heavy (non-hydrogen) atoms. The molecule has 0 saturated carbocycles. The number of hydrogen-bond donors (Lipinski definition) is 1. The van der Waals surface area contributed by atoms with Crippen LogP contribution >= 0.6 is 22.9 Å². The zero-order chi connectivity index (χ0) is 22.6. The molecule has 0 unspecified atom stereocenters. The van der Waals surface area contributed by atoms with Gasteiger partial charge in [-0.1, -0.05) is 35.4 Å². The number of halogens is 1. The first-order valence-corrected chi connectivity index (χ1v) is 12.1. The first-order chi connectivity index (χ1) is 14.7. The van der Waals surface area contributed by atoms with Crippen LogP contribution in [0.15, 0.2) is 63.9 Å². The second-order valence-electron chi connectivity index (χ2n) is 6.97. The molecule has 0 atom stereocenters. The number of aryl methyl sites for hydroxylation is 2. The molecule has 0 aliphatic carbocycles. The molecular formula is C22H22ClN3O3S2. The second-order valence-corrected chi connectivity index (χ2v) is 10.2. The van der Waals surface area contributed by atoms with Gasteiger partial charge in [0.15, 0.2) is 0 Å². The molecule has 1 N–H and O–H groups in total. The van der Waals surface area contributed by atoms with Gasteiger partial charge in [-0.15, -0.1) is 11.3 Å². The lowest BCUT2D eigenvalue weighted by molar-refractivity contribution is -0.119. The lowest BCUT2D eigenvalue weighted by Gasteiger charge is -2.25. The van der Waals surface area contributed by atoms with Crippen molar-refractivity contribution in [3.05, 3.63) is 80.5 Å². The van der Waals surface area contributed by atoms with Crippen molar-refractivity contribution in [3.8, 4) is 0 Å². The molecule has 1 heterocycles. The number of hydrazone groups is 1. The van der Waals surface area contributed by atoms with Gasteiger partial charge in [0, 0.05) is 9.90 Å². The summed E-state index contributed by atoms with van der Waals surface area (Å²) in [5.74, 6) is -0.569. The quantitative estimate of drug-likeness (QED) is 0.398. The number of nitrogens with zero attached hydrogens (tertiary/aromatic N) is 2. The summed E-state index contributed by atoms with van der Waals surface area (Å²) in [7, 11) is -4.02. The number of carbonyl (C=O) groups is 1. The fourth-order valence-corrected chi connectivity index (χ4v) is 5.28. The van der Waals surface area contributed by atoms with Crippen LogP contribution in [0.5, 0.6) is 0 Å². The van der Waals surface area contributed by atoms with Crippen molar-refractivity contribution in [1.82, 2.24) is 5.43 Å². The highest BCUT2D eigenvalue weighted by Gasteiger charge is 2.28. The fourth-order valence-electron chi connectivity index (χ4n) is 2.85. The number of rotatable bonds is 7. The van der Waals surface area contributed by atoms with Gasteiger partial charge in [0.05, 0.1) is 16.8 Å². The zero-order valence-electron chi connectivity index (χ0n) is 17.3. The maximum atomic E-state index is 13.4. The molecule has 9 heteroatoms. The third-order valence-electron chi connectivity index (χ3n) is 4.68. The summed E-state index contributed by atoms with van der Waals surface area (Å²) in [5, 5.41) is 6.30. The monoisotopic (exact) mass is 475 g/mol. The van der Waals surface area contributed by atoms with E-state index in [4.69, 9.17) is 11.6 Å². The van der Waals surface area contributed by atoms with Crippen LogP contribution in [0, 0.1) is 20.8 Å². The number of hydrogen-bond acceptors (Lipinski definition) is 5. The molecule has 0 spiro atoms. The molecule has 0 bridgehead atoms. The van der Waals surface area contributed by atoms with Crippen LogP contribution in [0.25, 0.3) is 0 Å². The highest BCUT2D eigenvalue weighted by atomic mass is 35.5. The van der Waals surface area contributed by atoms with Crippen molar-refractivity contribution in [2.75, 3.05) is 10.8 Å². The molecule has 0 aliphatic rings. The van der Waals surface area contributed by atoms with Gasteiger partial charge in [0.1, 0.15) is 6.54 Å². The molecule has 1 aromatic heterocycles. The van der Waals surface area contributed by atoms with Crippen LogP contribution in [-0.2, 0) is 14.8 Å². The Morgan fingerprint density at radius 1 is 1.13 bits per heavy atom. The first kappa shape index (κ1) is 23.0. The number of thiophene rings is 1. The lowest BCUT2D eigenvalue weighted by atomic mass is 10.2. The molecule has 0 aliphatic heterocycles.